The molecular formula is C19H24N4O2. The maximum absolute atomic E-state index is 12.3. The summed E-state index contributed by atoms with van der Waals surface area (Å²) in [4.78, 5) is 29.4. The van der Waals surface area contributed by atoms with E-state index in [-0.39, 0.29) is 18.5 Å². The topological polar surface area (TPSA) is 74.3 Å². The van der Waals surface area contributed by atoms with Crippen molar-refractivity contribution in [3.63, 3.8) is 0 Å². The van der Waals surface area contributed by atoms with Crippen molar-refractivity contribution in [2.24, 2.45) is 0 Å². The maximum atomic E-state index is 12.3. The van der Waals surface area contributed by atoms with Gasteiger partial charge in [-0.3, -0.25) is 9.78 Å². The van der Waals surface area contributed by atoms with Gasteiger partial charge in [0.25, 0.3) is 5.91 Å². The van der Waals surface area contributed by atoms with Gasteiger partial charge < -0.3 is 15.5 Å². The molecule has 0 bridgehead atoms. The Labute approximate surface area is 148 Å². The second-order valence-corrected chi connectivity index (χ2v) is 6.08. The maximum Gasteiger partial charge on any atom is 0.317 e. The van der Waals surface area contributed by atoms with Crippen molar-refractivity contribution >= 4 is 11.9 Å². The van der Waals surface area contributed by atoms with Crippen molar-refractivity contribution in [2.75, 3.05) is 20.6 Å². The molecule has 0 unspecified atom stereocenters. The Hall–Kier alpha value is -2.89. The van der Waals surface area contributed by atoms with Crippen molar-refractivity contribution in [1.82, 2.24) is 20.5 Å². The molecule has 1 heterocycles. The van der Waals surface area contributed by atoms with Crippen LogP contribution in [0.3, 0.4) is 0 Å². The smallest absolute Gasteiger partial charge is 0.317 e. The molecule has 132 valence electrons. The standard InChI is InChI=1S/C19H24N4O2/c1-14-4-6-15(7-5-14)8-10-21-18(24)16-9-11-20-17(12-16)13-22-19(25)23(2)3/h4-7,9,11-12H,8,10,13H2,1-3H3,(H,21,24)(H,22,25). The third-order valence-corrected chi connectivity index (χ3v) is 3.73. The van der Waals surface area contributed by atoms with Gasteiger partial charge in [-0.05, 0) is 31.0 Å². The number of benzene rings is 1. The summed E-state index contributed by atoms with van der Waals surface area (Å²) in [6, 6.07) is 11.4. The lowest BCUT2D eigenvalue weighted by atomic mass is 10.1. The molecule has 25 heavy (non-hydrogen) atoms. The van der Waals surface area contributed by atoms with Crippen molar-refractivity contribution in [3.05, 3.63) is 65.0 Å². The van der Waals surface area contributed by atoms with Crippen LogP contribution in [-0.4, -0.2) is 42.5 Å². The summed E-state index contributed by atoms with van der Waals surface area (Å²) in [6.07, 6.45) is 2.36. The van der Waals surface area contributed by atoms with E-state index in [9.17, 15) is 9.59 Å². The highest BCUT2D eigenvalue weighted by atomic mass is 16.2. The van der Waals surface area contributed by atoms with Crippen LogP contribution in [0.5, 0.6) is 0 Å². The summed E-state index contributed by atoms with van der Waals surface area (Å²) in [6.45, 7) is 2.89. The van der Waals surface area contributed by atoms with Gasteiger partial charge in [0.2, 0.25) is 0 Å². The number of hydrogen-bond donors (Lipinski definition) is 2. The summed E-state index contributed by atoms with van der Waals surface area (Å²) in [5, 5.41) is 5.64. The lowest BCUT2D eigenvalue weighted by Crippen LogP contribution is -2.34. The number of pyridine rings is 1. The van der Waals surface area contributed by atoms with Gasteiger partial charge in [-0.2, -0.15) is 0 Å². The summed E-state index contributed by atoms with van der Waals surface area (Å²) in [5.74, 6) is -0.144. The lowest BCUT2D eigenvalue weighted by molar-refractivity contribution is 0.0954. The van der Waals surface area contributed by atoms with E-state index in [1.165, 1.54) is 16.0 Å². The fourth-order valence-electron chi connectivity index (χ4n) is 2.22. The third-order valence-electron chi connectivity index (χ3n) is 3.73. The highest BCUT2D eigenvalue weighted by Crippen LogP contribution is 2.05. The molecule has 0 fully saturated rings. The van der Waals surface area contributed by atoms with Crippen molar-refractivity contribution in [1.29, 1.82) is 0 Å². The molecule has 0 aliphatic carbocycles. The fourth-order valence-corrected chi connectivity index (χ4v) is 2.22. The molecule has 0 radical (unpaired) electrons. The number of urea groups is 1. The molecule has 0 aliphatic rings. The Kier molecular flexibility index (Phi) is 6.51. The number of rotatable bonds is 6. The van der Waals surface area contributed by atoms with Gasteiger partial charge in [-0.15, -0.1) is 0 Å². The zero-order valence-corrected chi connectivity index (χ0v) is 14.9. The Balaban J connectivity index is 1.85. The van der Waals surface area contributed by atoms with Crippen LogP contribution in [0.25, 0.3) is 0 Å². The van der Waals surface area contributed by atoms with Crippen LogP contribution in [-0.2, 0) is 13.0 Å². The number of carbonyl (C=O) groups excluding carboxylic acids is 2. The van der Waals surface area contributed by atoms with Gasteiger partial charge in [-0.1, -0.05) is 29.8 Å². The van der Waals surface area contributed by atoms with Crippen LogP contribution < -0.4 is 10.6 Å². The Bertz CT molecular complexity index is 726. The molecule has 3 amide bonds. The average Bonchev–Trinajstić information content (AvgIpc) is 2.61. The third kappa shape index (κ3) is 5.91. The predicted octanol–water partition coefficient (Wildman–Crippen LogP) is 2.13. The van der Waals surface area contributed by atoms with Crippen molar-refractivity contribution < 1.29 is 9.59 Å². The first-order valence-corrected chi connectivity index (χ1v) is 8.19. The van der Waals surface area contributed by atoms with E-state index in [4.69, 9.17) is 0 Å². The molecule has 0 atom stereocenters. The molecule has 6 nitrogen and oxygen atoms in total. The monoisotopic (exact) mass is 340 g/mol. The number of aromatic nitrogens is 1. The fraction of sp³-hybridized carbons (Fsp3) is 0.316. The van der Waals surface area contributed by atoms with Crippen molar-refractivity contribution in [3.8, 4) is 0 Å². The minimum Gasteiger partial charge on any atom is -0.352 e. The molecule has 2 rings (SSSR count). The number of aryl methyl sites for hydroxylation is 1. The largest absolute Gasteiger partial charge is 0.352 e. The van der Waals surface area contributed by atoms with E-state index < -0.39 is 0 Å². The van der Waals surface area contributed by atoms with Crippen LogP contribution in [0.2, 0.25) is 0 Å². The van der Waals surface area contributed by atoms with Crippen LogP contribution >= 0.6 is 0 Å². The normalized spacial score (nSPS) is 10.2. The van der Waals surface area contributed by atoms with Crippen LogP contribution in [0, 0.1) is 6.92 Å². The Morgan fingerprint density at radius 3 is 2.48 bits per heavy atom. The molecule has 0 aliphatic heterocycles. The van der Waals surface area contributed by atoms with Gasteiger partial charge in [-0.25, -0.2) is 4.79 Å². The van der Waals surface area contributed by atoms with Crippen molar-refractivity contribution in [2.45, 2.75) is 19.9 Å². The quantitative estimate of drug-likeness (QED) is 0.846. The SMILES string of the molecule is Cc1ccc(CCNC(=O)c2ccnc(CNC(=O)N(C)C)c2)cc1. The van der Waals surface area contributed by atoms with Gasteiger partial charge >= 0.3 is 6.03 Å². The van der Waals surface area contributed by atoms with Gasteiger partial charge in [0.05, 0.1) is 12.2 Å². The van der Waals surface area contributed by atoms with Crippen LogP contribution in [0.4, 0.5) is 4.79 Å². The average molecular weight is 340 g/mol. The molecule has 1 aromatic carbocycles. The van der Waals surface area contributed by atoms with Crippen LogP contribution in [0.1, 0.15) is 27.2 Å². The van der Waals surface area contributed by atoms with Gasteiger partial charge in [0, 0.05) is 32.4 Å². The molecule has 1 aromatic heterocycles. The first-order valence-electron chi connectivity index (χ1n) is 8.19. The summed E-state index contributed by atoms with van der Waals surface area (Å²) < 4.78 is 0. The lowest BCUT2D eigenvalue weighted by Gasteiger charge is -2.12. The summed E-state index contributed by atoms with van der Waals surface area (Å²) in [5.41, 5.74) is 3.58. The van der Waals surface area contributed by atoms with E-state index in [0.717, 1.165) is 6.42 Å². The first kappa shape index (κ1) is 18.4. The molecule has 2 N–H and O–H groups in total. The molecule has 6 heteroatoms. The number of carbonyl (C=O) groups is 2. The molecular weight excluding hydrogens is 316 g/mol. The van der Waals surface area contributed by atoms with E-state index in [1.807, 2.05) is 6.92 Å². The molecule has 0 saturated heterocycles. The first-order chi connectivity index (χ1) is 12.0. The molecule has 2 aromatic rings. The number of nitrogens with zero attached hydrogens (tertiary/aromatic N) is 2. The van der Waals surface area contributed by atoms with Gasteiger partial charge in [0.1, 0.15) is 0 Å². The number of amides is 3. The second-order valence-electron chi connectivity index (χ2n) is 6.08. The highest BCUT2D eigenvalue weighted by molar-refractivity contribution is 5.94. The van der Waals surface area contributed by atoms with Gasteiger partial charge in [0.15, 0.2) is 0 Å². The predicted molar refractivity (Wildman–Crippen MR) is 97.4 cm³/mol. The molecule has 0 saturated carbocycles. The summed E-state index contributed by atoms with van der Waals surface area (Å²) >= 11 is 0. The number of hydrogen-bond acceptors (Lipinski definition) is 3. The highest BCUT2D eigenvalue weighted by Gasteiger charge is 2.08. The van der Waals surface area contributed by atoms with E-state index in [2.05, 4.69) is 39.9 Å². The minimum atomic E-state index is -0.199. The molecule has 0 spiro atoms. The van der Waals surface area contributed by atoms with E-state index in [0.29, 0.717) is 17.8 Å². The zero-order valence-electron chi connectivity index (χ0n) is 14.9. The summed E-state index contributed by atoms with van der Waals surface area (Å²) in [7, 11) is 3.33. The van der Waals surface area contributed by atoms with E-state index >= 15 is 0 Å². The second kappa shape index (κ2) is 8.82. The minimum absolute atomic E-state index is 0.144. The van der Waals surface area contributed by atoms with Crippen LogP contribution in [0.15, 0.2) is 42.6 Å². The van der Waals surface area contributed by atoms with E-state index in [1.54, 1.807) is 32.4 Å². The zero-order chi connectivity index (χ0) is 18.2. The Morgan fingerprint density at radius 1 is 1.08 bits per heavy atom. The number of nitrogens with one attached hydrogen (secondary N) is 2. The Morgan fingerprint density at radius 2 is 1.80 bits per heavy atom.